The molecule has 0 fully saturated rings. The maximum atomic E-state index is 10.8. The number of nitro benzene ring substituents is 1. The van der Waals surface area contributed by atoms with E-state index >= 15 is 0 Å². The average molecular weight is 226 g/mol. The second-order valence-electron chi connectivity index (χ2n) is 2.77. The Morgan fingerprint density at radius 2 is 1.94 bits per heavy atom. The van der Waals surface area contributed by atoms with Crippen LogP contribution in [0.1, 0.15) is 10.4 Å². The van der Waals surface area contributed by atoms with Crippen LogP contribution in [0.3, 0.4) is 0 Å². The Labute approximate surface area is 90.4 Å². The van der Waals surface area contributed by atoms with Gasteiger partial charge >= 0.3 is 0 Å². The molecule has 0 aliphatic heterocycles. The molecular weight excluding hydrogens is 218 g/mol. The van der Waals surface area contributed by atoms with Gasteiger partial charge in [-0.25, -0.2) is 0 Å². The van der Waals surface area contributed by atoms with E-state index in [1.54, 1.807) is 0 Å². The van der Waals surface area contributed by atoms with Crippen LogP contribution in [0.2, 0.25) is 0 Å². The zero-order valence-corrected chi connectivity index (χ0v) is 8.55. The fourth-order valence-corrected chi connectivity index (χ4v) is 1.20. The van der Waals surface area contributed by atoms with Crippen LogP contribution in [-0.4, -0.2) is 25.1 Å². The number of hydrogen-bond donors (Lipinski definition) is 0. The van der Waals surface area contributed by atoms with Crippen LogP contribution in [-0.2, 0) is 0 Å². The van der Waals surface area contributed by atoms with Gasteiger partial charge in [-0.1, -0.05) is 0 Å². The first-order valence-corrected chi connectivity index (χ1v) is 4.13. The molecule has 1 aromatic rings. The summed E-state index contributed by atoms with van der Waals surface area (Å²) in [7, 11) is 2.50. The van der Waals surface area contributed by atoms with Crippen molar-refractivity contribution < 1.29 is 24.3 Å². The monoisotopic (exact) mass is 226 g/mol. The predicted molar refractivity (Wildman–Crippen MR) is 50.5 cm³/mol. The van der Waals surface area contributed by atoms with E-state index in [1.165, 1.54) is 20.3 Å². The van der Waals surface area contributed by atoms with Crippen LogP contribution in [0.15, 0.2) is 12.1 Å². The van der Waals surface area contributed by atoms with Crippen molar-refractivity contribution in [2.45, 2.75) is 0 Å². The van der Waals surface area contributed by atoms with Crippen molar-refractivity contribution >= 4 is 11.7 Å². The van der Waals surface area contributed by atoms with E-state index in [9.17, 15) is 20.0 Å². The molecule has 0 aliphatic carbocycles. The number of methoxy groups -OCH3 is 2. The SMILES string of the molecule is COc1cc(OC)c(C(=O)[O-])c([N+](=O)[O-])c1. The van der Waals surface area contributed by atoms with Gasteiger partial charge in [-0.3, -0.25) is 10.1 Å². The number of aromatic carboxylic acids is 1. The molecule has 0 bridgehead atoms. The Hall–Kier alpha value is -2.31. The number of carbonyl (C=O) groups excluding carboxylic acids is 1. The molecule has 0 aromatic heterocycles. The van der Waals surface area contributed by atoms with Gasteiger partial charge in [0.15, 0.2) is 0 Å². The van der Waals surface area contributed by atoms with Crippen molar-refractivity contribution in [3.63, 3.8) is 0 Å². The highest BCUT2D eigenvalue weighted by molar-refractivity contribution is 5.94. The summed E-state index contributed by atoms with van der Waals surface area (Å²) in [6.45, 7) is 0. The molecule has 0 amide bonds. The quantitative estimate of drug-likeness (QED) is 0.528. The molecule has 0 unspecified atom stereocenters. The number of carboxylic acid groups (broad SMARTS) is 1. The number of hydrogen-bond acceptors (Lipinski definition) is 6. The van der Waals surface area contributed by atoms with E-state index in [2.05, 4.69) is 0 Å². The molecular formula is C9H8NO6-. The molecule has 86 valence electrons. The lowest BCUT2D eigenvalue weighted by Gasteiger charge is -2.11. The lowest BCUT2D eigenvalue weighted by Crippen LogP contribution is -2.24. The summed E-state index contributed by atoms with van der Waals surface area (Å²) in [5.74, 6) is -1.72. The largest absolute Gasteiger partial charge is 0.544 e. The first-order valence-electron chi connectivity index (χ1n) is 4.13. The van der Waals surface area contributed by atoms with Crippen LogP contribution in [0.4, 0.5) is 5.69 Å². The molecule has 0 heterocycles. The Bertz CT molecular complexity index is 442. The minimum Gasteiger partial charge on any atom is -0.544 e. The summed E-state index contributed by atoms with van der Waals surface area (Å²) >= 11 is 0. The molecule has 0 saturated heterocycles. The van der Waals surface area contributed by atoms with E-state index in [-0.39, 0.29) is 11.5 Å². The predicted octanol–water partition coefficient (Wildman–Crippen LogP) is -0.0245. The molecule has 0 aliphatic rings. The minimum absolute atomic E-state index is 0.133. The molecule has 0 saturated carbocycles. The fourth-order valence-electron chi connectivity index (χ4n) is 1.20. The van der Waals surface area contributed by atoms with Crippen LogP contribution in [0.25, 0.3) is 0 Å². The van der Waals surface area contributed by atoms with Gasteiger partial charge in [0.2, 0.25) is 0 Å². The van der Waals surface area contributed by atoms with Crippen molar-refractivity contribution in [1.82, 2.24) is 0 Å². The Balaban J connectivity index is 3.53. The molecule has 0 spiro atoms. The van der Waals surface area contributed by atoms with Gasteiger partial charge in [-0.05, 0) is 0 Å². The summed E-state index contributed by atoms with van der Waals surface area (Å²) in [5.41, 5.74) is -1.23. The Morgan fingerprint density at radius 1 is 1.31 bits per heavy atom. The summed E-state index contributed by atoms with van der Waals surface area (Å²) < 4.78 is 9.52. The van der Waals surface area contributed by atoms with Crippen molar-refractivity contribution in [3.05, 3.63) is 27.8 Å². The topological polar surface area (TPSA) is 102 Å². The highest BCUT2D eigenvalue weighted by Gasteiger charge is 2.21. The van der Waals surface area contributed by atoms with E-state index < -0.39 is 22.1 Å². The summed E-state index contributed by atoms with van der Waals surface area (Å²) in [6.07, 6.45) is 0. The highest BCUT2D eigenvalue weighted by Crippen LogP contribution is 2.33. The summed E-state index contributed by atoms with van der Waals surface area (Å²) in [6, 6.07) is 2.23. The van der Waals surface area contributed by atoms with Gasteiger partial charge < -0.3 is 19.4 Å². The lowest BCUT2D eigenvalue weighted by atomic mass is 10.1. The van der Waals surface area contributed by atoms with Gasteiger partial charge in [-0.2, -0.15) is 0 Å². The third-order valence-corrected chi connectivity index (χ3v) is 1.91. The maximum absolute atomic E-state index is 10.8. The molecule has 7 nitrogen and oxygen atoms in total. The molecule has 0 atom stereocenters. The highest BCUT2D eigenvalue weighted by atomic mass is 16.6. The number of nitrogens with zero attached hydrogens (tertiary/aromatic N) is 1. The van der Waals surface area contributed by atoms with Gasteiger partial charge in [0.05, 0.1) is 31.2 Å². The van der Waals surface area contributed by atoms with Crippen molar-refractivity contribution in [2.75, 3.05) is 14.2 Å². The zero-order valence-electron chi connectivity index (χ0n) is 8.55. The molecule has 0 N–H and O–H groups in total. The van der Waals surface area contributed by atoms with E-state index in [1.807, 2.05) is 0 Å². The lowest BCUT2D eigenvalue weighted by molar-refractivity contribution is -0.386. The Kier molecular flexibility index (Phi) is 3.29. The second kappa shape index (κ2) is 4.47. The number of nitro groups is 1. The maximum Gasteiger partial charge on any atom is 0.285 e. The number of carbonyl (C=O) groups is 1. The van der Waals surface area contributed by atoms with Gasteiger partial charge in [0.1, 0.15) is 17.1 Å². The second-order valence-corrected chi connectivity index (χ2v) is 2.77. The number of carboxylic acids is 1. The first kappa shape index (κ1) is 11.8. The van der Waals surface area contributed by atoms with Crippen molar-refractivity contribution in [2.24, 2.45) is 0 Å². The summed E-state index contributed by atoms with van der Waals surface area (Å²) in [5, 5.41) is 21.4. The smallest absolute Gasteiger partial charge is 0.285 e. The molecule has 7 heteroatoms. The number of rotatable bonds is 4. The van der Waals surface area contributed by atoms with Crippen LogP contribution in [0.5, 0.6) is 11.5 Å². The Morgan fingerprint density at radius 3 is 2.31 bits per heavy atom. The third-order valence-electron chi connectivity index (χ3n) is 1.91. The van der Waals surface area contributed by atoms with Crippen LogP contribution in [0, 0.1) is 10.1 Å². The van der Waals surface area contributed by atoms with E-state index in [0.717, 1.165) is 6.07 Å². The number of ether oxygens (including phenoxy) is 2. The normalized spacial score (nSPS) is 9.62. The minimum atomic E-state index is -1.67. The van der Waals surface area contributed by atoms with E-state index in [0.29, 0.717) is 0 Å². The van der Waals surface area contributed by atoms with Gasteiger partial charge in [0.25, 0.3) is 5.69 Å². The zero-order chi connectivity index (χ0) is 12.3. The van der Waals surface area contributed by atoms with Crippen LogP contribution >= 0.6 is 0 Å². The number of benzene rings is 1. The first-order chi connectivity index (χ1) is 7.51. The fraction of sp³-hybridized carbons (Fsp3) is 0.222. The van der Waals surface area contributed by atoms with Crippen molar-refractivity contribution in [3.8, 4) is 11.5 Å². The van der Waals surface area contributed by atoms with Gasteiger partial charge in [-0.15, -0.1) is 0 Å². The molecule has 1 rings (SSSR count). The molecule has 0 radical (unpaired) electrons. The van der Waals surface area contributed by atoms with Crippen LogP contribution < -0.4 is 14.6 Å². The van der Waals surface area contributed by atoms with E-state index in [4.69, 9.17) is 9.47 Å². The molecule has 1 aromatic carbocycles. The van der Waals surface area contributed by atoms with Crippen molar-refractivity contribution in [1.29, 1.82) is 0 Å². The average Bonchev–Trinajstić information content (AvgIpc) is 2.26. The summed E-state index contributed by atoms with van der Waals surface area (Å²) in [4.78, 5) is 20.6. The van der Waals surface area contributed by atoms with Gasteiger partial charge in [0, 0.05) is 6.07 Å². The molecule has 16 heavy (non-hydrogen) atoms. The standard InChI is InChI=1S/C9H9NO6/c1-15-5-3-6(10(13)14)8(9(11)12)7(4-5)16-2/h3-4H,1-2H3,(H,11,12)/p-1. The third kappa shape index (κ3) is 2.02.